The number of ether oxygens (including phenoxy) is 3. The van der Waals surface area contributed by atoms with E-state index in [1.165, 1.54) is 10.9 Å². The van der Waals surface area contributed by atoms with E-state index >= 15 is 0 Å². The average molecular weight is 563 g/mol. The lowest BCUT2D eigenvalue weighted by Gasteiger charge is -2.19. The normalized spacial score (nSPS) is 21.8. The molecule has 1 saturated heterocycles. The van der Waals surface area contributed by atoms with Gasteiger partial charge in [0.2, 0.25) is 0 Å². The number of carbonyl (C=O) groups is 1. The Morgan fingerprint density at radius 2 is 1.95 bits per heavy atom. The van der Waals surface area contributed by atoms with Gasteiger partial charge in [0.15, 0.2) is 28.4 Å². The average Bonchev–Trinajstić information content (AvgIpc) is 3.44. The minimum atomic E-state index is -1.39. The van der Waals surface area contributed by atoms with E-state index in [0.717, 1.165) is 11.8 Å². The van der Waals surface area contributed by atoms with Crippen LogP contribution in [-0.4, -0.2) is 90.7 Å². The number of fused-ring (bicyclic) bond motifs is 1. The smallest absolute Gasteiger partial charge is 0.338 e. The third kappa shape index (κ3) is 6.45. The number of aliphatic hydroxyl groups is 3. The van der Waals surface area contributed by atoms with E-state index in [1.54, 1.807) is 24.3 Å². The summed E-state index contributed by atoms with van der Waals surface area (Å²) in [4.78, 5) is 36.2. The number of nitrogen functional groups attached to an aromatic ring is 1. The van der Waals surface area contributed by atoms with Gasteiger partial charge in [-0.3, -0.25) is 4.57 Å². The Morgan fingerprint density at radius 1 is 1.21 bits per heavy atom. The van der Waals surface area contributed by atoms with E-state index in [4.69, 9.17) is 19.9 Å². The van der Waals surface area contributed by atoms with Gasteiger partial charge in [-0.1, -0.05) is 30.8 Å². The van der Waals surface area contributed by atoms with Crippen LogP contribution in [0.2, 0.25) is 0 Å². The number of anilines is 1. The van der Waals surface area contributed by atoms with E-state index in [9.17, 15) is 25.0 Å². The lowest BCUT2D eigenvalue weighted by molar-refractivity contribution is -0.0548. The fourth-order valence-electron chi connectivity index (χ4n) is 3.82. The molecule has 15 heteroatoms. The van der Waals surface area contributed by atoms with Crippen molar-refractivity contribution in [1.29, 1.82) is 0 Å². The lowest BCUT2D eigenvalue weighted by Crippen LogP contribution is -2.33. The molecule has 0 saturated carbocycles. The number of hydrogen-bond donors (Lipinski definition) is 4. The van der Waals surface area contributed by atoms with Crippen LogP contribution in [0.4, 0.5) is 5.82 Å². The minimum absolute atomic E-state index is 0.0519. The van der Waals surface area contributed by atoms with Crippen molar-refractivity contribution in [2.45, 2.75) is 49.6 Å². The molecule has 2 aromatic heterocycles. The molecular weight excluding hydrogens is 532 g/mol. The Bertz CT molecular complexity index is 1290. The van der Waals surface area contributed by atoms with Gasteiger partial charge in [0, 0.05) is 5.75 Å². The van der Waals surface area contributed by atoms with Crippen LogP contribution < -0.4 is 10.5 Å². The van der Waals surface area contributed by atoms with Gasteiger partial charge in [0.25, 0.3) is 0 Å². The van der Waals surface area contributed by atoms with Crippen molar-refractivity contribution < 1.29 is 34.3 Å². The number of benzene rings is 1. The highest BCUT2D eigenvalue weighted by molar-refractivity contribution is 7.99. The molecule has 39 heavy (non-hydrogen) atoms. The molecule has 3 aromatic rings. The van der Waals surface area contributed by atoms with Gasteiger partial charge in [-0.25, -0.2) is 19.7 Å². The van der Waals surface area contributed by atoms with Crippen molar-refractivity contribution in [2.24, 2.45) is 11.1 Å². The van der Waals surface area contributed by atoms with Crippen LogP contribution in [0.3, 0.4) is 0 Å². The van der Waals surface area contributed by atoms with Crippen molar-refractivity contribution in [3.05, 3.63) is 41.1 Å². The SMILES string of the molecule is CC(C)COC(=O)c1ccc(OCC(CSc2nc3c(N)ncnc3n2[C@@H]2O[C@H](CO)[C@@H](O)[C@H]2O)N=O)cc1. The number of nitrogens with zero attached hydrogens (tertiary/aromatic N) is 5. The largest absolute Gasteiger partial charge is 0.491 e. The van der Waals surface area contributed by atoms with Gasteiger partial charge in [0.1, 0.15) is 43.0 Å². The van der Waals surface area contributed by atoms with E-state index in [-0.39, 0.29) is 40.4 Å². The predicted molar refractivity (Wildman–Crippen MR) is 140 cm³/mol. The third-order valence-corrected chi connectivity index (χ3v) is 6.98. The predicted octanol–water partition coefficient (Wildman–Crippen LogP) is 1.14. The highest BCUT2D eigenvalue weighted by atomic mass is 32.2. The maximum atomic E-state index is 12.1. The van der Waals surface area contributed by atoms with Crippen LogP contribution in [0.15, 0.2) is 40.9 Å². The number of thioether (sulfide) groups is 1. The number of esters is 1. The van der Waals surface area contributed by atoms with Crippen molar-refractivity contribution in [3.8, 4) is 5.75 Å². The fourth-order valence-corrected chi connectivity index (χ4v) is 4.80. The van der Waals surface area contributed by atoms with E-state index in [1.807, 2.05) is 13.8 Å². The summed E-state index contributed by atoms with van der Waals surface area (Å²) in [5.74, 6) is 0.465. The topological polar surface area (TPSA) is 204 Å². The molecule has 0 amide bonds. The number of nitroso groups, excluding NO2 is 1. The first kappa shape index (κ1) is 28.6. The van der Waals surface area contributed by atoms with Gasteiger partial charge in [-0.05, 0) is 30.2 Å². The Morgan fingerprint density at radius 3 is 2.59 bits per heavy atom. The van der Waals surface area contributed by atoms with Crippen LogP contribution in [0.5, 0.6) is 5.75 Å². The maximum absolute atomic E-state index is 12.1. The highest BCUT2D eigenvalue weighted by Crippen LogP contribution is 2.36. The second-order valence-electron chi connectivity index (χ2n) is 9.32. The molecule has 4 rings (SSSR count). The molecule has 3 heterocycles. The maximum Gasteiger partial charge on any atom is 0.338 e. The highest BCUT2D eigenvalue weighted by Gasteiger charge is 2.45. The molecule has 1 aromatic carbocycles. The number of nitrogens with two attached hydrogens (primary N) is 1. The monoisotopic (exact) mass is 562 g/mol. The Hall–Kier alpha value is -3.37. The molecule has 1 aliphatic rings. The second kappa shape index (κ2) is 12.7. The molecule has 14 nitrogen and oxygen atoms in total. The summed E-state index contributed by atoms with van der Waals surface area (Å²) in [6.07, 6.45) is -3.63. The Kier molecular flexibility index (Phi) is 9.29. The standard InChI is InChI=1S/C24H30N6O8S/c1-12(2)8-37-23(34)13-3-5-15(6-4-13)36-9-14(29-35)10-39-24-28-17-20(25)26-11-27-21(17)30(24)22-19(33)18(32)16(7-31)38-22/h3-6,11-12,14,16,18-19,22,31-33H,7-10H2,1-2H3,(H2,25,26,27)/t14?,16-,18-,19-,22-/m1/s1. The quantitative estimate of drug-likeness (QED) is 0.139. The third-order valence-electron chi connectivity index (χ3n) is 5.88. The Labute approximate surface area is 227 Å². The molecule has 1 aliphatic heterocycles. The number of imidazole rings is 1. The first-order chi connectivity index (χ1) is 18.7. The first-order valence-electron chi connectivity index (χ1n) is 12.2. The van der Waals surface area contributed by atoms with Gasteiger partial charge in [-0.2, -0.15) is 4.91 Å². The van der Waals surface area contributed by atoms with Crippen LogP contribution in [0.25, 0.3) is 11.2 Å². The number of aliphatic hydroxyl groups excluding tert-OH is 3. The van der Waals surface area contributed by atoms with Gasteiger partial charge in [-0.15, -0.1) is 0 Å². The van der Waals surface area contributed by atoms with Crippen LogP contribution >= 0.6 is 11.8 Å². The summed E-state index contributed by atoms with van der Waals surface area (Å²) in [6.45, 7) is 3.66. The van der Waals surface area contributed by atoms with Gasteiger partial charge < -0.3 is 35.3 Å². The number of hydrogen-bond acceptors (Lipinski definition) is 14. The molecule has 1 fully saturated rings. The van der Waals surface area contributed by atoms with Crippen molar-refractivity contribution in [3.63, 3.8) is 0 Å². The summed E-state index contributed by atoms with van der Waals surface area (Å²) in [6, 6.07) is 5.55. The molecule has 0 bridgehead atoms. The van der Waals surface area contributed by atoms with E-state index in [2.05, 4.69) is 20.1 Å². The first-order valence-corrected chi connectivity index (χ1v) is 13.2. The van der Waals surface area contributed by atoms with E-state index < -0.39 is 43.2 Å². The summed E-state index contributed by atoms with van der Waals surface area (Å²) in [7, 11) is 0. The minimum Gasteiger partial charge on any atom is -0.491 e. The van der Waals surface area contributed by atoms with Crippen LogP contribution in [0.1, 0.15) is 30.4 Å². The lowest BCUT2D eigenvalue weighted by atomic mass is 10.1. The van der Waals surface area contributed by atoms with Gasteiger partial charge in [0.05, 0.1) is 18.8 Å². The molecule has 5 atom stereocenters. The fraction of sp³-hybridized carbons (Fsp3) is 0.500. The number of carbonyl (C=O) groups excluding carboxylic acids is 1. The van der Waals surface area contributed by atoms with Crippen molar-refractivity contribution in [1.82, 2.24) is 19.5 Å². The summed E-state index contributed by atoms with van der Waals surface area (Å²) < 4.78 is 18.0. The molecule has 0 radical (unpaired) electrons. The second-order valence-corrected chi connectivity index (χ2v) is 10.3. The summed E-state index contributed by atoms with van der Waals surface area (Å²) >= 11 is 1.12. The van der Waals surface area contributed by atoms with Crippen LogP contribution in [0, 0.1) is 10.8 Å². The summed E-state index contributed by atoms with van der Waals surface area (Å²) in [5.41, 5.74) is 6.84. The molecular formula is C24H30N6O8S. The molecule has 1 unspecified atom stereocenters. The Balaban J connectivity index is 1.44. The molecule has 0 aliphatic carbocycles. The van der Waals surface area contributed by atoms with E-state index in [0.29, 0.717) is 17.9 Å². The van der Waals surface area contributed by atoms with Crippen molar-refractivity contribution in [2.75, 3.05) is 31.3 Å². The number of rotatable bonds is 12. The zero-order valence-electron chi connectivity index (χ0n) is 21.3. The van der Waals surface area contributed by atoms with Crippen molar-refractivity contribution >= 4 is 34.7 Å². The zero-order chi connectivity index (χ0) is 28.1. The zero-order valence-corrected chi connectivity index (χ0v) is 22.1. The number of aromatic nitrogens is 4. The van der Waals surface area contributed by atoms with Gasteiger partial charge >= 0.3 is 5.97 Å². The molecule has 0 spiro atoms. The molecule has 210 valence electrons. The van der Waals surface area contributed by atoms with Crippen LogP contribution in [-0.2, 0) is 9.47 Å². The molecule has 5 N–H and O–H groups in total. The summed E-state index contributed by atoms with van der Waals surface area (Å²) in [5, 5.41) is 33.7.